The van der Waals surface area contributed by atoms with Crippen molar-refractivity contribution in [2.24, 2.45) is 0 Å². The zero-order valence-corrected chi connectivity index (χ0v) is 7.45. The van der Waals surface area contributed by atoms with E-state index >= 15 is 0 Å². The maximum absolute atomic E-state index is 8.61. The smallest absolute Gasteiger partial charge is 0.159 e. The van der Waals surface area contributed by atoms with Crippen molar-refractivity contribution in [2.75, 3.05) is 0 Å². The maximum atomic E-state index is 8.61. The summed E-state index contributed by atoms with van der Waals surface area (Å²) in [6.45, 7) is 0. The molecule has 0 atom stereocenters. The van der Waals surface area contributed by atoms with Crippen LogP contribution in [0.3, 0.4) is 0 Å². The summed E-state index contributed by atoms with van der Waals surface area (Å²) in [5, 5.41) is 10.6. The standard InChI is InChI=1S/C9H5N3S/c10-4-7-5-11-6-8(12-7)9-2-1-3-13-9/h1-3,5-6H. The lowest BCUT2D eigenvalue weighted by Crippen LogP contribution is -1.87. The summed E-state index contributed by atoms with van der Waals surface area (Å²) in [6.07, 6.45) is 3.11. The molecule has 62 valence electrons. The van der Waals surface area contributed by atoms with Crippen LogP contribution >= 0.6 is 11.3 Å². The molecule has 2 aromatic heterocycles. The van der Waals surface area contributed by atoms with Crippen molar-refractivity contribution in [3.8, 4) is 16.6 Å². The molecule has 2 aromatic rings. The first-order valence-corrected chi connectivity index (χ1v) is 4.54. The Hall–Kier alpha value is -1.73. The molecule has 0 N–H and O–H groups in total. The van der Waals surface area contributed by atoms with Crippen molar-refractivity contribution in [1.29, 1.82) is 5.26 Å². The number of rotatable bonds is 1. The Morgan fingerprint density at radius 1 is 1.38 bits per heavy atom. The fourth-order valence-corrected chi connectivity index (χ4v) is 1.64. The predicted molar refractivity (Wildman–Crippen MR) is 50.1 cm³/mol. The van der Waals surface area contributed by atoms with Crippen LogP contribution in [0.4, 0.5) is 0 Å². The molecule has 0 fully saturated rings. The van der Waals surface area contributed by atoms with Crippen molar-refractivity contribution in [1.82, 2.24) is 9.97 Å². The number of hydrogen-bond acceptors (Lipinski definition) is 4. The van der Waals surface area contributed by atoms with Gasteiger partial charge in [-0.3, -0.25) is 4.98 Å². The van der Waals surface area contributed by atoms with Crippen LogP contribution in [0.15, 0.2) is 29.9 Å². The van der Waals surface area contributed by atoms with Gasteiger partial charge in [0.05, 0.1) is 17.3 Å². The fraction of sp³-hybridized carbons (Fsp3) is 0. The van der Waals surface area contributed by atoms with Gasteiger partial charge in [0.15, 0.2) is 5.69 Å². The second-order valence-electron chi connectivity index (χ2n) is 2.38. The van der Waals surface area contributed by atoms with Gasteiger partial charge < -0.3 is 0 Å². The lowest BCUT2D eigenvalue weighted by Gasteiger charge is -1.94. The average molecular weight is 187 g/mol. The van der Waals surface area contributed by atoms with E-state index < -0.39 is 0 Å². The largest absolute Gasteiger partial charge is 0.259 e. The topological polar surface area (TPSA) is 49.6 Å². The molecule has 0 saturated heterocycles. The minimum absolute atomic E-state index is 0.353. The number of aromatic nitrogens is 2. The van der Waals surface area contributed by atoms with E-state index in [4.69, 9.17) is 5.26 Å². The number of nitrogens with zero attached hydrogens (tertiary/aromatic N) is 3. The third kappa shape index (κ3) is 1.55. The highest BCUT2D eigenvalue weighted by Gasteiger charge is 2.01. The summed E-state index contributed by atoms with van der Waals surface area (Å²) < 4.78 is 0. The molecular formula is C9H5N3S. The van der Waals surface area contributed by atoms with Gasteiger partial charge >= 0.3 is 0 Å². The fourth-order valence-electron chi connectivity index (χ4n) is 0.963. The van der Waals surface area contributed by atoms with E-state index in [0.29, 0.717) is 5.69 Å². The highest BCUT2D eigenvalue weighted by molar-refractivity contribution is 7.13. The lowest BCUT2D eigenvalue weighted by atomic mass is 10.3. The summed E-state index contributed by atoms with van der Waals surface area (Å²) in [6, 6.07) is 5.86. The van der Waals surface area contributed by atoms with Crippen LogP contribution in [0.2, 0.25) is 0 Å². The first-order chi connectivity index (χ1) is 6.40. The predicted octanol–water partition coefficient (Wildman–Crippen LogP) is 2.08. The second kappa shape index (κ2) is 3.33. The third-order valence-corrected chi connectivity index (χ3v) is 2.42. The minimum Gasteiger partial charge on any atom is -0.259 e. The number of nitriles is 1. The molecule has 0 aliphatic rings. The Bertz CT molecular complexity index is 442. The Morgan fingerprint density at radius 2 is 2.31 bits per heavy atom. The molecule has 4 heteroatoms. The van der Waals surface area contributed by atoms with E-state index in [1.807, 2.05) is 23.6 Å². The number of hydrogen-bond donors (Lipinski definition) is 0. The third-order valence-electron chi connectivity index (χ3n) is 1.52. The molecule has 0 radical (unpaired) electrons. The zero-order valence-electron chi connectivity index (χ0n) is 6.64. The molecule has 0 bridgehead atoms. The monoisotopic (exact) mass is 187 g/mol. The second-order valence-corrected chi connectivity index (χ2v) is 3.33. The van der Waals surface area contributed by atoms with Gasteiger partial charge in [0, 0.05) is 0 Å². The molecule has 0 amide bonds. The Morgan fingerprint density at radius 3 is 3.00 bits per heavy atom. The molecule has 0 saturated carbocycles. The normalized spacial score (nSPS) is 9.46. The van der Waals surface area contributed by atoms with Crippen LogP contribution in [-0.2, 0) is 0 Å². The van der Waals surface area contributed by atoms with Crippen molar-refractivity contribution < 1.29 is 0 Å². The van der Waals surface area contributed by atoms with Gasteiger partial charge in [-0.15, -0.1) is 11.3 Å². The van der Waals surface area contributed by atoms with Gasteiger partial charge in [-0.1, -0.05) is 6.07 Å². The van der Waals surface area contributed by atoms with Gasteiger partial charge in [0.1, 0.15) is 11.8 Å². The van der Waals surface area contributed by atoms with Crippen LogP contribution < -0.4 is 0 Å². The molecule has 0 unspecified atom stereocenters. The Balaban J connectivity index is 2.49. The Labute approximate surface area is 79.3 Å². The van der Waals surface area contributed by atoms with E-state index in [-0.39, 0.29) is 0 Å². The molecule has 0 aliphatic heterocycles. The Kier molecular flexibility index (Phi) is 2.02. The van der Waals surface area contributed by atoms with Crippen LogP contribution in [0.5, 0.6) is 0 Å². The van der Waals surface area contributed by atoms with Gasteiger partial charge in [0.2, 0.25) is 0 Å². The summed E-state index contributed by atoms with van der Waals surface area (Å²) >= 11 is 1.58. The van der Waals surface area contributed by atoms with E-state index in [0.717, 1.165) is 10.6 Å². The van der Waals surface area contributed by atoms with Crippen molar-refractivity contribution in [2.45, 2.75) is 0 Å². The summed E-state index contributed by atoms with van der Waals surface area (Å²) in [5.41, 5.74) is 1.11. The number of thiophene rings is 1. The molecule has 13 heavy (non-hydrogen) atoms. The molecule has 3 nitrogen and oxygen atoms in total. The molecule has 2 heterocycles. The van der Waals surface area contributed by atoms with E-state index in [9.17, 15) is 0 Å². The minimum atomic E-state index is 0.353. The van der Waals surface area contributed by atoms with Crippen LogP contribution in [0.1, 0.15) is 5.69 Å². The van der Waals surface area contributed by atoms with E-state index in [1.54, 1.807) is 17.5 Å². The lowest BCUT2D eigenvalue weighted by molar-refractivity contribution is 1.17. The van der Waals surface area contributed by atoms with Gasteiger partial charge in [-0.25, -0.2) is 4.98 Å². The molecule has 0 spiro atoms. The zero-order chi connectivity index (χ0) is 9.10. The highest BCUT2D eigenvalue weighted by Crippen LogP contribution is 2.21. The molecular weight excluding hydrogens is 182 g/mol. The van der Waals surface area contributed by atoms with Crippen LogP contribution in [0.25, 0.3) is 10.6 Å². The van der Waals surface area contributed by atoms with Gasteiger partial charge in [0.25, 0.3) is 0 Å². The first-order valence-electron chi connectivity index (χ1n) is 3.66. The SMILES string of the molecule is N#Cc1cncc(-c2cccs2)n1. The van der Waals surface area contributed by atoms with E-state index in [1.165, 1.54) is 6.20 Å². The maximum Gasteiger partial charge on any atom is 0.159 e. The summed E-state index contributed by atoms with van der Waals surface area (Å²) in [5.74, 6) is 0. The van der Waals surface area contributed by atoms with Crippen LogP contribution in [0, 0.1) is 11.3 Å². The average Bonchev–Trinajstić information content (AvgIpc) is 2.71. The highest BCUT2D eigenvalue weighted by atomic mass is 32.1. The van der Waals surface area contributed by atoms with E-state index in [2.05, 4.69) is 9.97 Å². The van der Waals surface area contributed by atoms with Crippen LogP contribution in [-0.4, -0.2) is 9.97 Å². The quantitative estimate of drug-likeness (QED) is 0.686. The first kappa shape index (κ1) is 7.90. The van der Waals surface area contributed by atoms with Crippen molar-refractivity contribution in [3.05, 3.63) is 35.6 Å². The van der Waals surface area contributed by atoms with Crippen molar-refractivity contribution in [3.63, 3.8) is 0 Å². The van der Waals surface area contributed by atoms with Crippen molar-refractivity contribution >= 4 is 11.3 Å². The van der Waals surface area contributed by atoms with Gasteiger partial charge in [-0.2, -0.15) is 5.26 Å². The summed E-state index contributed by atoms with van der Waals surface area (Å²) in [7, 11) is 0. The molecule has 0 aliphatic carbocycles. The van der Waals surface area contributed by atoms with Gasteiger partial charge in [-0.05, 0) is 11.4 Å². The molecule has 0 aromatic carbocycles. The summed E-state index contributed by atoms with van der Waals surface area (Å²) in [4.78, 5) is 9.09. The molecule has 2 rings (SSSR count).